The molecule has 27 valence electrons. The van der Waals surface area contributed by atoms with E-state index < -0.39 is 0 Å². The van der Waals surface area contributed by atoms with Gasteiger partial charge in [-0.25, -0.2) is 0 Å². The molecule has 0 amide bonds. The maximum absolute atomic E-state index is 6.00. The Morgan fingerprint density at radius 1 is 1.00 bits per heavy atom. The molecule has 2 N–H and O–H groups in total. The van der Waals surface area contributed by atoms with Crippen molar-refractivity contribution in [1.82, 2.24) is 0 Å². The first-order chi connectivity index (χ1) is 1.00. The van der Waals surface area contributed by atoms with Gasteiger partial charge in [0.1, 0.15) is 0 Å². The van der Waals surface area contributed by atoms with Crippen molar-refractivity contribution in [1.29, 1.82) is 0 Å². The van der Waals surface area contributed by atoms with Crippen LogP contribution in [0.5, 0.6) is 0 Å². The molecule has 0 unspecified atom stereocenters. The minimum atomic E-state index is 0. The molecule has 0 aliphatic rings. The number of halogens is 1. The third-order valence-electron chi connectivity index (χ3n) is 0. The van der Waals surface area contributed by atoms with Crippen LogP contribution in [-0.2, 0) is 21.7 Å². The van der Waals surface area contributed by atoms with Crippen LogP contribution >= 0.6 is 0 Å². The van der Waals surface area contributed by atoms with Crippen LogP contribution in [0.3, 0.4) is 0 Å². The molecular formula is H4ClO2Ti. The van der Waals surface area contributed by atoms with Crippen molar-refractivity contribution in [3.63, 3.8) is 0 Å². The van der Waals surface area contributed by atoms with Gasteiger partial charge in [0.05, 0.1) is 0 Å². The Morgan fingerprint density at radius 3 is 1.00 bits per heavy atom. The molecule has 1 radical (unpaired) electrons. The van der Waals surface area contributed by atoms with E-state index in [0.29, 0.717) is 0 Å². The molecule has 0 aromatic rings. The Hall–Kier alpha value is 0.924. The van der Waals surface area contributed by atoms with Crippen molar-refractivity contribution in [2.24, 2.45) is 0 Å². The third-order valence-corrected chi connectivity index (χ3v) is 0. The molecule has 2 nitrogen and oxygen atoms in total. The van der Waals surface area contributed by atoms with Gasteiger partial charge in [-0.2, -0.15) is 0 Å². The van der Waals surface area contributed by atoms with Gasteiger partial charge in [-0.15, -0.1) is 0 Å². The van der Waals surface area contributed by atoms with E-state index in [0.717, 1.165) is 0 Å². The topological polar surface area (TPSA) is 40.5 Å². The van der Waals surface area contributed by atoms with Crippen molar-refractivity contribution >= 4 is 0 Å². The molecule has 0 atom stereocenters. The summed E-state index contributed by atoms with van der Waals surface area (Å²) in [6.45, 7) is 0. The van der Waals surface area contributed by atoms with E-state index in [1.54, 1.807) is 0 Å². The van der Waals surface area contributed by atoms with Crippen molar-refractivity contribution in [2.75, 3.05) is 0 Å². The van der Waals surface area contributed by atoms with Gasteiger partial charge in [0.25, 0.3) is 0 Å². The second-order valence-electron chi connectivity index (χ2n) is 0. The zero-order chi connectivity index (χ0) is 2.00. The maximum atomic E-state index is 6.00. The summed E-state index contributed by atoms with van der Waals surface area (Å²) in [5.74, 6) is 0. The summed E-state index contributed by atoms with van der Waals surface area (Å²) in [4.78, 5) is 0. The number of hydrogen-bond donors (Lipinski definition) is 2. The summed E-state index contributed by atoms with van der Waals surface area (Å²) >= 11 is 0. The molecule has 0 saturated carbocycles. The van der Waals surface area contributed by atoms with Gasteiger partial charge in [-0.1, -0.05) is 0 Å². The van der Waals surface area contributed by atoms with Crippen LogP contribution in [0.2, 0.25) is 0 Å². The van der Waals surface area contributed by atoms with E-state index >= 15 is 0 Å². The summed E-state index contributed by atoms with van der Waals surface area (Å²) in [6.07, 6.45) is 0. The van der Waals surface area contributed by atoms with Gasteiger partial charge in [0, 0.05) is 0 Å². The van der Waals surface area contributed by atoms with Crippen molar-refractivity contribution in [3.8, 4) is 0 Å². The third kappa shape index (κ3) is 12.7. The molecule has 0 aliphatic heterocycles. The molecule has 0 aromatic carbocycles. The normalized spacial score (nSPS) is 1.50. The van der Waals surface area contributed by atoms with Crippen LogP contribution in [0.15, 0.2) is 0 Å². The van der Waals surface area contributed by atoms with Crippen LogP contribution in [0, 0.1) is 0 Å². The van der Waals surface area contributed by atoms with E-state index in [9.17, 15) is 0 Å². The molecule has 4 heavy (non-hydrogen) atoms. The molecule has 0 bridgehead atoms. The van der Waals surface area contributed by atoms with Gasteiger partial charge < -0.3 is 12.4 Å². The molecule has 0 aliphatic carbocycles. The zero-order valence-electron chi connectivity index (χ0n) is 1.98. The molecule has 0 saturated heterocycles. The first-order valence-corrected chi connectivity index (χ1v) is 0.200. The fraction of sp³-hybridized carbons (Fsp3) is 0. The SMILES string of the molecule is OO.[Cl-].[TiH2+]. The summed E-state index contributed by atoms with van der Waals surface area (Å²) in [5.41, 5.74) is 0. The van der Waals surface area contributed by atoms with Gasteiger partial charge >= 0.3 is 21.7 Å². The summed E-state index contributed by atoms with van der Waals surface area (Å²) < 4.78 is 0. The quantitative estimate of drug-likeness (QED) is 0.197. The van der Waals surface area contributed by atoms with E-state index in [1.165, 1.54) is 0 Å². The van der Waals surface area contributed by atoms with Crippen LogP contribution in [0.25, 0.3) is 0 Å². The molecule has 4 heteroatoms. The Balaban J connectivity index is -0.00000000500. The van der Waals surface area contributed by atoms with E-state index in [2.05, 4.69) is 0 Å². The van der Waals surface area contributed by atoms with Crippen LogP contribution in [-0.4, -0.2) is 10.5 Å². The van der Waals surface area contributed by atoms with Gasteiger partial charge in [-0.3, -0.25) is 10.5 Å². The molecule has 0 heterocycles. The second-order valence-corrected chi connectivity index (χ2v) is 0. The number of hydrogen-bond acceptors (Lipinski definition) is 2. The minimum absolute atomic E-state index is 0. The first kappa shape index (κ1) is 20.5. The summed E-state index contributed by atoms with van der Waals surface area (Å²) in [7, 11) is 0. The summed E-state index contributed by atoms with van der Waals surface area (Å²) in [6, 6.07) is 0. The Labute approximate surface area is 45.1 Å². The van der Waals surface area contributed by atoms with E-state index in [4.69, 9.17) is 10.5 Å². The zero-order valence-corrected chi connectivity index (χ0v) is 4.94. The van der Waals surface area contributed by atoms with E-state index in [-0.39, 0.29) is 34.1 Å². The predicted octanol–water partition coefficient (Wildman–Crippen LogP) is -3.52. The van der Waals surface area contributed by atoms with E-state index in [1.807, 2.05) is 0 Å². The van der Waals surface area contributed by atoms with Crippen LogP contribution < -0.4 is 12.4 Å². The molecule has 0 rings (SSSR count). The molecule has 0 fully saturated rings. The average Bonchev–Trinajstić information content (AvgIpc) is 1.00. The fourth-order valence-corrected chi connectivity index (χ4v) is 0. The Kier molecular flexibility index (Phi) is 201. The Morgan fingerprint density at radius 2 is 1.00 bits per heavy atom. The van der Waals surface area contributed by atoms with Crippen molar-refractivity contribution in [3.05, 3.63) is 0 Å². The average molecular weight is 119 g/mol. The monoisotopic (exact) mass is 119 g/mol. The van der Waals surface area contributed by atoms with Gasteiger partial charge in [0.15, 0.2) is 0 Å². The van der Waals surface area contributed by atoms with Gasteiger partial charge in [0.2, 0.25) is 0 Å². The first-order valence-electron chi connectivity index (χ1n) is 0.200. The number of rotatable bonds is 0. The van der Waals surface area contributed by atoms with Crippen LogP contribution in [0.4, 0.5) is 0 Å². The van der Waals surface area contributed by atoms with Crippen molar-refractivity contribution < 1.29 is 44.6 Å². The van der Waals surface area contributed by atoms with Crippen LogP contribution in [0.1, 0.15) is 0 Å². The van der Waals surface area contributed by atoms with Gasteiger partial charge in [-0.05, 0) is 0 Å². The molecule has 0 spiro atoms. The standard InChI is InChI=1S/ClH.H2O2.Ti.2H/c;1-2;;;/h1H;1-2H;;;/q;;+1;;/p-1. The Bertz CT molecular complexity index is 6.00. The predicted molar refractivity (Wildman–Crippen MR) is 8.05 cm³/mol. The molecule has 0 aromatic heterocycles. The summed E-state index contributed by atoms with van der Waals surface area (Å²) in [5, 5.41) is 12.0. The fourth-order valence-electron chi connectivity index (χ4n) is 0. The second kappa shape index (κ2) is 39.3. The molecular weight excluding hydrogens is 115 g/mol. The van der Waals surface area contributed by atoms with Crippen molar-refractivity contribution in [2.45, 2.75) is 0 Å².